The molecule has 1 aromatic heterocycles. The number of aliphatic carboxylic acids is 1. The van der Waals surface area contributed by atoms with E-state index < -0.39 is 5.97 Å². The van der Waals surface area contributed by atoms with Gasteiger partial charge >= 0.3 is 12.0 Å². The zero-order valence-electron chi connectivity index (χ0n) is 12.0. The monoisotopic (exact) mass is 306 g/mol. The van der Waals surface area contributed by atoms with Crippen LogP contribution >= 0.6 is 11.3 Å². The highest BCUT2D eigenvalue weighted by Gasteiger charge is 2.18. The maximum Gasteiger partial charge on any atom is 0.322 e. The minimum absolute atomic E-state index is 0.0604. The number of amides is 2. The second-order valence-corrected chi connectivity index (χ2v) is 5.98. The van der Waals surface area contributed by atoms with E-state index in [2.05, 4.69) is 5.32 Å². The van der Waals surface area contributed by atoms with Crippen molar-refractivity contribution in [3.63, 3.8) is 0 Å². The molecule has 0 aliphatic carbocycles. The molecule has 2 aromatic rings. The number of hydrogen-bond acceptors (Lipinski definition) is 3. The van der Waals surface area contributed by atoms with Crippen LogP contribution in [0.25, 0.3) is 10.1 Å². The number of fused-ring (bicyclic) bond motifs is 1. The topological polar surface area (TPSA) is 69.6 Å². The van der Waals surface area contributed by atoms with Crippen LogP contribution in [0.5, 0.6) is 0 Å². The van der Waals surface area contributed by atoms with Crippen LogP contribution in [-0.2, 0) is 4.79 Å². The van der Waals surface area contributed by atoms with E-state index in [0.717, 1.165) is 5.39 Å². The molecule has 0 unspecified atom stereocenters. The molecule has 2 rings (SSSR count). The molecule has 0 bridgehead atoms. The number of carbonyl (C=O) groups is 2. The SMILES string of the molecule is CC(C)N(CCC(=O)O)C(=O)Nc1ccc2sccc2c1. The molecule has 112 valence electrons. The smallest absolute Gasteiger partial charge is 0.322 e. The highest BCUT2D eigenvalue weighted by molar-refractivity contribution is 7.17. The van der Waals surface area contributed by atoms with Gasteiger partial charge in [0.1, 0.15) is 0 Å². The third kappa shape index (κ3) is 3.95. The number of carboxylic acid groups (broad SMARTS) is 1. The minimum atomic E-state index is -0.909. The lowest BCUT2D eigenvalue weighted by atomic mass is 10.2. The van der Waals surface area contributed by atoms with Gasteiger partial charge in [0.25, 0.3) is 0 Å². The predicted octanol–water partition coefficient (Wildman–Crippen LogP) is 3.62. The first-order valence-electron chi connectivity index (χ1n) is 6.74. The number of carboxylic acids is 1. The summed E-state index contributed by atoms with van der Waals surface area (Å²) in [7, 11) is 0. The lowest BCUT2D eigenvalue weighted by molar-refractivity contribution is -0.137. The Bertz CT molecular complexity index is 651. The molecule has 0 aliphatic heterocycles. The molecule has 2 N–H and O–H groups in total. The van der Waals surface area contributed by atoms with E-state index in [-0.39, 0.29) is 25.0 Å². The molecule has 1 aromatic carbocycles. The summed E-state index contributed by atoms with van der Waals surface area (Å²) in [5.41, 5.74) is 0.715. The molecule has 0 saturated heterocycles. The molecule has 0 aliphatic rings. The first-order valence-corrected chi connectivity index (χ1v) is 7.62. The van der Waals surface area contributed by atoms with Crippen molar-refractivity contribution in [1.82, 2.24) is 4.90 Å². The summed E-state index contributed by atoms with van der Waals surface area (Å²) in [6.07, 6.45) is -0.0604. The Balaban J connectivity index is 2.08. The van der Waals surface area contributed by atoms with Crippen molar-refractivity contribution in [2.75, 3.05) is 11.9 Å². The summed E-state index contributed by atoms with van der Waals surface area (Å²) in [5, 5.41) is 14.7. The minimum Gasteiger partial charge on any atom is -0.481 e. The van der Waals surface area contributed by atoms with Crippen LogP contribution in [0.2, 0.25) is 0 Å². The number of thiophene rings is 1. The van der Waals surface area contributed by atoms with Crippen molar-refractivity contribution < 1.29 is 14.7 Å². The van der Waals surface area contributed by atoms with Crippen molar-refractivity contribution >= 4 is 39.1 Å². The molecular formula is C15H18N2O3S. The van der Waals surface area contributed by atoms with E-state index in [9.17, 15) is 9.59 Å². The third-order valence-corrected chi connectivity index (χ3v) is 4.05. The van der Waals surface area contributed by atoms with Gasteiger partial charge < -0.3 is 15.3 Å². The fourth-order valence-corrected chi connectivity index (χ4v) is 2.82. The van der Waals surface area contributed by atoms with Crippen molar-refractivity contribution in [2.45, 2.75) is 26.3 Å². The van der Waals surface area contributed by atoms with E-state index in [1.54, 1.807) is 11.3 Å². The van der Waals surface area contributed by atoms with Gasteiger partial charge in [-0.15, -0.1) is 11.3 Å². The summed E-state index contributed by atoms with van der Waals surface area (Å²) in [6, 6.07) is 7.40. The van der Waals surface area contributed by atoms with Gasteiger partial charge in [-0.1, -0.05) is 0 Å². The summed E-state index contributed by atoms with van der Waals surface area (Å²) in [6.45, 7) is 3.92. The van der Waals surface area contributed by atoms with E-state index >= 15 is 0 Å². The average molecular weight is 306 g/mol. The average Bonchev–Trinajstić information content (AvgIpc) is 2.85. The highest BCUT2D eigenvalue weighted by Crippen LogP contribution is 2.24. The van der Waals surface area contributed by atoms with Crippen LogP contribution in [0.15, 0.2) is 29.6 Å². The lowest BCUT2D eigenvalue weighted by Crippen LogP contribution is -2.41. The van der Waals surface area contributed by atoms with E-state index in [1.807, 2.05) is 43.5 Å². The third-order valence-electron chi connectivity index (χ3n) is 3.15. The summed E-state index contributed by atoms with van der Waals surface area (Å²) >= 11 is 1.65. The standard InChI is InChI=1S/C15H18N2O3S/c1-10(2)17(7-5-14(18)19)15(20)16-12-3-4-13-11(9-12)6-8-21-13/h3-4,6,8-10H,5,7H2,1-2H3,(H,16,20)(H,18,19). The normalized spacial score (nSPS) is 10.8. The fourth-order valence-electron chi connectivity index (χ4n) is 2.05. The second-order valence-electron chi connectivity index (χ2n) is 5.03. The van der Waals surface area contributed by atoms with Gasteiger partial charge in [0, 0.05) is 23.0 Å². The Morgan fingerprint density at radius 3 is 2.76 bits per heavy atom. The largest absolute Gasteiger partial charge is 0.481 e. The number of rotatable bonds is 5. The number of anilines is 1. The molecule has 0 fully saturated rings. The van der Waals surface area contributed by atoms with E-state index in [0.29, 0.717) is 5.69 Å². The van der Waals surface area contributed by atoms with Crippen LogP contribution in [-0.4, -0.2) is 34.6 Å². The molecule has 5 nitrogen and oxygen atoms in total. The second kappa shape index (κ2) is 6.58. The number of nitrogens with one attached hydrogen (secondary N) is 1. The van der Waals surface area contributed by atoms with Crippen molar-refractivity contribution in [2.24, 2.45) is 0 Å². The fraction of sp³-hybridized carbons (Fsp3) is 0.333. The number of hydrogen-bond donors (Lipinski definition) is 2. The molecule has 2 amide bonds. The quantitative estimate of drug-likeness (QED) is 0.886. The van der Waals surface area contributed by atoms with E-state index in [4.69, 9.17) is 5.11 Å². The molecule has 0 radical (unpaired) electrons. The molecule has 21 heavy (non-hydrogen) atoms. The summed E-state index contributed by atoms with van der Waals surface area (Å²) < 4.78 is 1.17. The molecular weight excluding hydrogens is 288 g/mol. The van der Waals surface area contributed by atoms with Crippen LogP contribution in [0.1, 0.15) is 20.3 Å². The molecule has 1 heterocycles. The van der Waals surface area contributed by atoms with Gasteiger partial charge in [-0.25, -0.2) is 4.79 Å². The van der Waals surface area contributed by atoms with Crippen LogP contribution in [0.4, 0.5) is 10.5 Å². The van der Waals surface area contributed by atoms with E-state index in [1.165, 1.54) is 9.60 Å². The maximum atomic E-state index is 12.3. The molecule has 0 saturated carbocycles. The number of benzene rings is 1. The Kier molecular flexibility index (Phi) is 4.80. The van der Waals surface area contributed by atoms with Gasteiger partial charge in [0.15, 0.2) is 0 Å². The van der Waals surface area contributed by atoms with Crippen LogP contribution < -0.4 is 5.32 Å². The van der Waals surface area contributed by atoms with Crippen LogP contribution in [0.3, 0.4) is 0 Å². The van der Waals surface area contributed by atoms with Gasteiger partial charge in [0.05, 0.1) is 6.42 Å². The van der Waals surface area contributed by atoms with Gasteiger partial charge in [0.2, 0.25) is 0 Å². The van der Waals surface area contributed by atoms with Crippen molar-refractivity contribution in [3.8, 4) is 0 Å². The number of urea groups is 1. The highest BCUT2D eigenvalue weighted by atomic mass is 32.1. The Morgan fingerprint density at radius 2 is 2.10 bits per heavy atom. The zero-order valence-corrected chi connectivity index (χ0v) is 12.8. The Morgan fingerprint density at radius 1 is 1.33 bits per heavy atom. The zero-order chi connectivity index (χ0) is 15.4. The maximum absolute atomic E-state index is 12.3. The molecule has 0 spiro atoms. The van der Waals surface area contributed by atoms with Crippen molar-refractivity contribution in [1.29, 1.82) is 0 Å². The van der Waals surface area contributed by atoms with Gasteiger partial charge in [-0.05, 0) is 48.9 Å². The summed E-state index contributed by atoms with van der Waals surface area (Å²) in [4.78, 5) is 24.5. The van der Waals surface area contributed by atoms with Gasteiger partial charge in [-0.3, -0.25) is 4.79 Å². The van der Waals surface area contributed by atoms with Crippen LogP contribution in [0, 0.1) is 0 Å². The predicted molar refractivity (Wildman–Crippen MR) is 84.9 cm³/mol. The first kappa shape index (κ1) is 15.3. The lowest BCUT2D eigenvalue weighted by Gasteiger charge is -2.26. The molecule has 6 heteroatoms. The van der Waals surface area contributed by atoms with Gasteiger partial charge in [-0.2, -0.15) is 0 Å². The Hall–Kier alpha value is -2.08. The van der Waals surface area contributed by atoms with Crippen molar-refractivity contribution in [3.05, 3.63) is 29.6 Å². The Labute approximate surface area is 127 Å². The first-order chi connectivity index (χ1) is 9.97. The summed E-state index contributed by atoms with van der Waals surface area (Å²) in [5.74, 6) is -0.909. The number of carbonyl (C=O) groups excluding carboxylic acids is 1. The molecule has 0 atom stereocenters. The number of nitrogens with zero attached hydrogens (tertiary/aromatic N) is 1.